The van der Waals surface area contributed by atoms with E-state index in [0.29, 0.717) is 6.04 Å². The molecule has 2 aromatic carbocycles. The maximum absolute atomic E-state index is 5.54. The van der Waals surface area contributed by atoms with Crippen molar-refractivity contribution in [2.24, 2.45) is 0 Å². The van der Waals surface area contributed by atoms with Crippen LogP contribution < -0.4 is 10.6 Å². The molecule has 2 nitrogen and oxygen atoms in total. The van der Waals surface area contributed by atoms with Gasteiger partial charge in [-0.05, 0) is 36.5 Å². The van der Waals surface area contributed by atoms with Gasteiger partial charge in [0.2, 0.25) is 0 Å². The first kappa shape index (κ1) is 15.3. The zero-order valence-electron chi connectivity index (χ0n) is 13.0. The number of nitrogens with one attached hydrogen (secondary N) is 2. The Bertz CT molecular complexity index is 625. The lowest BCUT2D eigenvalue weighted by Crippen LogP contribution is -2.38. The lowest BCUT2D eigenvalue weighted by Gasteiger charge is -2.23. The SMILES string of the molecule is S=C(Nc1cccc2ccccc12)NC1CCCCCCC1. The molecule has 1 fully saturated rings. The van der Waals surface area contributed by atoms with Crippen molar-refractivity contribution in [2.45, 2.75) is 51.0 Å². The first-order valence-corrected chi connectivity index (χ1v) is 8.79. The Balaban J connectivity index is 1.65. The van der Waals surface area contributed by atoms with Gasteiger partial charge in [0.05, 0.1) is 0 Å². The van der Waals surface area contributed by atoms with E-state index in [-0.39, 0.29) is 0 Å². The monoisotopic (exact) mass is 312 g/mol. The second-order valence-electron chi connectivity index (χ2n) is 6.17. The largest absolute Gasteiger partial charge is 0.360 e. The predicted molar refractivity (Wildman–Crippen MR) is 99.4 cm³/mol. The summed E-state index contributed by atoms with van der Waals surface area (Å²) in [6.45, 7) is 0. The Morgan fingerprint density at radius 2 is 1.55 bits per heavy atom. The van der Waals surface area contributed by atoms with E-state index < -0.39 is 0 Å². The van der Waals surface area contributed by atoms with Crippen molar-refractivity contribution in [1.29, 1.82) is 0 Å². The van der Waals surface area contributed by atoms with Crippen molar-refractivity contribution in [3.05, 3.63) is 42.5 Å². The first-order valence-electron chi connectivity index (χ1n) is 8.38. The predicted octanol–water partition coefficient (Wildman–Crippen LogP) is 5.24. The van der Waals surface area contributed by atoms with E-state index in [1.165, 1.54) is 55.7 Å². The number of thiocarbonyl (C=S) groups is 1. The van der Waals surface area contributed by atoms with E-state index in [1.54, 1.807) is 0 Å². The summed E-state index contributed by atoms with van der Waals surface area (Å²) in [5.74, 6) is 0. The highest BCUT2D eigenvalue weighted by atomic mass is 32.1. The van der Waals surface area contributed by atoms with Gasteiger partial charge in [-0.2, -0.15) is 0 Å². The number of benzene rings is 2. The molecule has 3 heteroatoms. The van der Waals surface area contributed by atoms with Crippen LogP contribution in [-0.2, 0) is 0 Å². The highest BCUT2D eigenvalue weighted by molar-refractivity contribution is 7.80. The molecule has 0 aliphatic heterocycles. The van der Waals surface area contributed by atoms with Gasteiger partial charge in [0.15, 0.2) is 5.11 Å². The number of anilines is 1. The van der Waals surface area contributed by atoms with Crippen molar-refractivity contribution in [3.8, 4) is 0 Å². The third-order valence-corrected chi connectivity index (χ3v) is 4.70. The molecule has 0 spiro atoms. The summed E-state index contributed by atoms with van der Waals surface area (Å²) in [4.78, 5) is 0. The van der Waals surface area contributed by atoms with Gasteiger partial charge >= 0.3 is 0 Å². The number of fused-ring (bicyclic) bond motifs is 1. The quantitative estimate of drug-likeness (QED) is 0.742. The van der Waals surface area contributed by atoms with Crippen LogP contribution in [0, 0.1) is 0 Å². The van der Waals surface area contributed by atoms with Gasteiger partial charge in [0.25, 0.3) is 0 Å². The fraction of sp³-hybridized carbons (Fsp3) is 0.421. The van der Waals surface area contributed by atoms with Gasteiger partial charge in [0, 0.05) is 17.1 Å². The molecular weight excluding hydrogens is 288 g/mol. The van der Waals surface area contributed by atoms with Crippen LogP contribution >= 0.6 is 12.2 Å². The summed E-state index contributed by atoms with van der Waals surface area (Å²) in [7, 11) is 0. The van der Waals surface area contributed by atoms with Gasteiger partial charge in [-0.25, -0.2) is 0 Å². The van der Waals surface area contributed by atoms with E-state index in [2.05, 4.69) is 53.1 Å². The minimum absolute atomic E-state index is 0.523. The fourth-order valence-electron chi connectivity index (χ4n) is 3.28. The molecule has 0 radical (unpaired) electrons. The topological polar surface area (TPSA) is 24.1 Å². The Kier molecular flexibility index (Phi) is 5.28. The highest BCUT2D eigenvalue weighted by Crippen LogP contribution is 2.23. The molecule has 0 bridgehead atoms. The fourth-order valence-corrected chi connectivity index (χ4v) is 3.56. The van der Waals surface area contributed by atoms with Crippen LogP contribution in [-0.4, -0.2) is 11.2 Å². The van der Waals surface area contributed by atoms with E-state index >= 15 is 0 Å². The van der Waals surface area contributed by atoms with Crippen molar-refractivity contribution in [3.63, 3.8) is 0 Å². The number of rotatable bonds is 2. The second-order valence-corrected chi connectivity index (χ2v) is 6.58. The molecule has 0 saturated heterocycles. The minimum atomic E-state index is 0.523. The first-order chi connectivity index (χ1) is 10.8. The third kappa shape index (κ3) is 3.98. The van der Waals surface area contributed by atoms with Gasteiger partial charge in [0.1, 0.15) is 0 Å². The van der Waals surface area contributed by atoms with Crippen LogP contribution in [0.3, 0.4) is 0 Å². The maximum Gasteiger partial charge on any atom is 0.171 e. The Hall–Kier alpha value is -1.61. The molecule has 0 atom stereocenters. The van der Waals surface area contributed by atoms with Gasteiger partial charge in [-0.3, -0.25) is 0 Å². The summed E-state index contributed by atoms with van der Waals surface area (Å²) < 4.78 is 0. The van der Waals surface area contributed by atoms with E-state index in [1.807, 2.05) is 0 Å². The molecule has 1 aliphatic carbocycles. The normalized spacial score (nSPS) is 16.7. The van der Waals surface area contributed by atoms with Crippen LogP contribution in [0.15, 0.2) is 42.5 Å². The number of hydrogen-bond acceptors (Lipinski definition) is 1. The summed E-state index contributed by atoms with van der Waals surface area (Å²) in [6, 6.07) is 15.2. The minimum Gasteiger partial charge on any atom is -0.360 e. The zero-order valence-corrected chi connectivity index (χ0v) is 13.8. The van der Waals surface area contributed by atoms with Crippen LogP contribution in [0.5, 0.6) is 0 Å². The van der Waals surface area contributed by atoms with Gasteiger partial charge < -0.3 is 10.6 Å². The van der Waals surface area contributed by atoms with Crippen LogP contribution in [0.2, 0.25) is 0 Å². The lowest BCUT2D eigenvalue weighted by atomic mass is 9.97. The summed E-state index contributed by atoms with van der Waals surface area (Å²) in [5, 5.41) is 10.1. The molecule has 1 aliphatic rings. The summed E-state index contributed by atoms with van der Waals surface area (Å²) in [5.41, 5.74) is 1.08. The molecule has 0 unspecified atom stereocenters. The van der Waals surface area contributed by atoms with Crippen molar-refractivity contribution >= 4 is 33.8 Å². The Morgan fingerprint density at radius 1 is 0.864 bits per heavy atom. The van der Waals surface area contributed by atoms with Crippen molar-refractivity contribution in [2.75, 3.05) is 5.32 Å². The van der Waals surface area contributed by atoms with E-state index in [0.717, 1.165) is 10.8 Å². The number of hydrogen-bond donors (Lipinski definition) is 2. The molecule has 0 amide bonds. The van der Waals surface area contributed by atoms with Crippen molar-refractivity contribution in [1.82, 2.24) is 5.32 Å². The Morgan fingerprint density at radius 3 is 2.36 bits per heavy atom. The summed E-state index contributed by atoms with van der Waals surface area (Å²) >= 11 is 5.54. The molecular formula is C19H24N2S. The summed E-state index contributed by atoms with van der Waals surface area (Å²) in [6.07, 6.45) is 9.21. The smallest absolute Gasteiger partial charge is 0.171 e. The molecule has 3 rings (SSSR count). The molecule has 1 saturated carbocycles. The second kappa shape index (κ2) is 7.59. The average molecular weight is 312 g/mol. The third-order valence-electron chi connectivity index (χ3n) is 4.48. The molecule has 0 heterocycles. The van der Waals surface area contributed by atoms with Crippen LogP contribution in [0.25, 0.3) is 10.8 Å². The zero-order chi connectivity index (χ0) is 15.2. The van der Waals surface area contributed by atoms with E-state index in [4.69, 9.17) is 12.2 Å². The van der Waals surface area contributed by atoms with Gasteiger partial charge in [-0.15, -0.1) is 0 Å². The molecule has 116 valence electrons. The molecule has 0 aromatic heterocycles. The van der Waals surface area contributed by atoms with Crippen molar-refractivity contribution < 1.29 is 0 Å². The molecule has 2 aromatic rings. The maximum atomic E-state index is 5.54. The Labute approximate surface area is 138 Å². The van der Waals surface area contributed by atoms with Crippen LogP contribution in [0.4, 0.5) is 5.69 Å². The van der Waals surface area contributed by atoms with Crippen LogP contribution in [0.1, 0.15) is 44.9 Å². The lowest BCUT2D eigenvalue weighted by molar-refractivity contribution is 0.430. The van der Waals surface area contributed by atoms with Gasteiger partial charge in [-0.1, -0.05) is 68.5 Å². The standard InChI is InChI=1S/C19H24N2S/c22-19(20-16-11-4-2-1-3-5-12-16)21-18-14-8-10-15-9-6-7-13-17(15)18/h6-10,13-14,16H,1-5,11-12H2,(H2,20,21,22). The van der Waals surface area contributed by atoms with E-state index in [9.17, 15) is 0 Å². The average Bonchev–Trinajstić information content (AvgIpc) is 2.50. The highest BCUT2D eigenvalue weighted by Gasteiger charge is 2.12. The molecule has 2 N–H and O–H groups in total. The molecule has 22 heavy (non-hydrogen) atoms.